The Morgan fingerprint density at radius 3 is 2.78 bits per heavy atom. The molecule has 1 aromatic carbocycles. The molecule has 0 radical (unpaired) electrons. The Kier molecular flexibility index (Phi) is 5.56. The van der Waals surface area contributed by atoms with Crippen LogP contribution in [0.1, 0.15) is 17.7 Å². The van der Waals surface area contributed by atoms with E-state index in [1.54, 1.807) is 28.2 Å². The molecule has 36 heavy (non-hydrogen) atoms. The number of phosphoric ester groups is 1. The van der Waals surface area contributed by atoms with E-state index in [1.165, 1.54) is 0 Å². The molecule has 3 aromatic rings. The molecule has 0 spiro atoms. The van der Waals surface area contributed by atoms with Crippen LogP contribution in [0.3, 0.4) is 0 Å². The second-order valence-corrected chi connectivity index (χ2v) is 9.96. The van der Waals surface area contributed by atoms with Crippen LogP contribution >= 0.6 is 7.82 Å². The molecule has 3 aliphatic rings. The summed E-state index contributed by atoms with van der Waals surface area (Å²) in [4.78, 5) is 41.6. The van der Waals surface area contributed by atoms with Crippen molar-refractivity contribution in [1.82, 2.24) is 20.0 Å². The molecule has 186 valence electrons. The zero-order valence-electron chi connectivity index (χ0n) is 18.7. The monoisotopic (exact) mass is 512 g/mol. The highest BCUT2D eigenvalue weighted by Gasteiger charge is 2.47. The molecule has 3 atom stereocenters. The average Bonchev–Trinajstić information content (AvgIpc) is 3.64. The first kappa shape index (κ1) is 22.8. The van der Waals surface area contributed by atoms with Crippen molar-refractivity contribution in [2.24, 2.45) is 5.16 Å². The SMILES string of the molecule is O=C1O[C@@H](Cn2ccnn2)[C@@H]2Cc3cc(-c4ccc(C5=NOC(COP(=O)(O)O)C5)nc4)ccc3N12. The fraction of sp³-hybridized carbons (Fsp3) is 0.318. The summed E-state index contributed by atoms with van der Waals surface area (Å²) in [6, 6.07) is 9.58. The van der Waals surface area contributed by atoms with Gasteiger partial charge < -0.3 is 19.4 Å². The van der Waals surface area contributed by atoms with Crippen molar-refractivity contribution in [3.63, 3.8) is 0 Å². The molecule has 6 rings (SSSR count). The molecule has 2 aromatic heterocycles. The largest absolute Gasteiger partial charge is 0.469 e. The average molecular weight is 512 g/mol. The number of amides is 1. The number of phosphoric acid groups is 1. The van der Waals surface area contributed by atoms with Gasteiger partial charge in [0, 0.05) is 24.4 Å². The minimum absolute atomic E-state index is 0.102. The summed E-state index contributed by atoms with van der Waals surface area (Å²) in [7, 11) is -4.56. The van der Waals surface area contributed by atoms with Crippen LogP contribution in [-0.2, 0) is 31.6 Å². The van der Waals surface area contributed by atoms with E-state index in [0.717, 1.165) is 22.4 Å². The minimum Gasteiger partial charge on any atom is -0.442 e. The van der Waals surface area contributed by atoms with Gasteiger partial charge in [-0.25, -0.2) is 14.0 Å². The van der Waals surface area contributed by atoms with Crippen LogP contribution in [0.2, 0.25) is 0 Å². The van der Waals surface area contributed by atoms with Crippen LogP contribution in [0.15, 0.2) is 54.1 Å². The summed E-state index contributed by atoms with van der Waals surface area (Å²) in [6.07, 6.45) is 4.81. The van der Waals surface area contributed by atoms with Gasteiger partial charge in [-0.2, -0.15) is 0 Å². The van der Waals surface area contributed by atoms with Gasteiger partial charge in [0.15, 0.2) is 6.10 Å². The van der Waals surface area contributed by atoms with Gasteiger partial charge in [-0.15, -0.1) is 5.10 Å². The third-order valence-electron chi connectivity index (χ3n) is 6.37. The van der Waals surface area contributed by atoms with Crippen molar-refractivity contribution in [3.8, 4) is 11.1 Å². The lowest BCUT2D eigenvalue weighted by atomic mass is 10.00. The number of hydrogen-bond donors (Lipinski definition) is 2. The highest BCUT2D eigenvalue weighted by Crippen LogP contribution is 2.41. The van der Waals surface area contributed by atoms with E-state index in [-0.39, 0.29) is 24.8 Å². The Bertz CT molecular complexity index is 1370. The molecule has 1 fully saturated rings. The second kappa shape index (κ2) is 8.79. The summed E-state index contributed by atoms with van der Waals surface area (Å²) in [5.74, 6) is 0. The lowest BCUT2D eigenvalue weighted by Crippen LogP contribution is -2.35. The lowest BCUT2D eigenvalue weighted by molar-refractivity contribution is 0.0364. The van der Waals surface area contributed by atoms with Crippen LogP contribution in [-0.4, -0.2) is 66.4 Å². The molecule has 14 heteroatoms. The third-order valence-corrected chi connectivity index (χ3v) is 6.86. The molecule has 0 aliphatic carbocycles. The molecular weight excluding hydrogens is 491 g/mol. The number of cyclic esters (lactones) is 1. The maximum Gasteiger partial charge on any atom is 0.469 e. The van der Waals surface area contributed by atoms with Gasteiger partial charge in [-0.3, -0.25) is 14.4 Å². The number of rotatable bonds is 7. The second-order valence-electron chi connectivity index (χ2n) is 8.72. The molecule has 1 unspecified atom stereocenters. The smallest absolute Gasteiger partial charge is 0.442 e. The normalized spacial score (nSPS) is 22.7. The number of carbonyl (C=O) groups excluding carboxylic acids is 1. The first-order valence-corrected chi connectivity index (χ1v) is 12.7. The maximum atomic E-state index is 12.6. The number of ether oxygens (including phenoxy) is 1. The third kappa shape index (κ3) is 4.37. The van der Waals surface area contributed by atoms with Crippen LogP contribution in [0.5, 0.6) is 0 Å². The Morgan fingerprint density at radius 1 is 1.17 bits per heavy atom. The topological polar surface area (TPSA) is 161 Å². The van der Waals surface area contributed by atoms with Gasteiger partial charge in [-0.05, 0) is 35.7 Å². The molecule has 1 saturated heterocycles. The molecule has 0 bridgehead atoms. The van der Waals surface area contributed by atoms with Gasteiger partial charge in [0.05, 0.1) is 36.8 Å². The maximum absolute atomic E-state index is 12.6. The predicted octanol–water partition coefficient (Wildman–Crippen LogP) is 1.89. The summed E-state index contributed by atoms with van der Waals surface area (Å²) in [6.45, 7) is 0.175. The van der Waals surface area contributed by atoms with Gasteiger partial charge in [-0.1, -0.05) is 22.5 Å². The van der Waals surface area contributed by atoms with E-state index in [2.05, 4.69) is 31.0 Å². The first-order chi connectivity index (χ1) is 17.3. The van der Waals surface area contributed by atoms with Gasteiger partial charge in [0.2, 0.25) is 0 Å². The van der Waals surface area contributed by atoms with Crippen molar-refractivity contribution in [3.05, 3.63) is 60.2 Å². The Morgan fingerprint density at radius 2 is 2.03 bits per heavy atom. The molecule has 0 saturated carbocycles. The van der Waals surface area contributed by atoms with E-state index < -0.39 is 13.9 Å². The molecular formula is C22H21N6O7P. The van der Waals surface area contributed by atoms with Crippen molar-refractivity contribution in [2.75, 3.05) is 11.5 Å². The summed E-state index contributed by atoms with van der Waals surface area (Å²) < 4.78 is 22.6. The Labute approximate surface area is 204 Å². The first-order valence-electron chi connectivity index (χ1n) is 11.2. The number of nitrogens with zero attached hydrogens (tertiary/aromatic N) is 6. The highest BCUT2D eigenvalue weighted by molar-refractivity contribution is 7.46. The molecule has 3 aliphatic heterocycles. The highest BCUT2D eigenvalue weighted by atomic mass is 31.2. The molecule has 5 heterocycles. The van der Waals surface area contributed by atoms with Crippen LogP contribution < -0.4 is 4.90 Å². The van der Waals surface area contributed by atoms with Gasteiger partial charge in [0.25, 0.3) is 0 Å². The van der Waals surface area contributed by atoms with Crippen molar-refractivity contribution in [1.29, 1.82) is 0 Å². The van der Waals surface area contributed by atoms with E-state index in [1.807, 2.05) is 24.3 Å². The number of aromatic nitrogens is 4. The number of hydrogen-bond acceptors (Lipinski definition) is 9. The summed E-state index contributed by atoms with van der Waals surface area (Å²) in [5.41, 5.74) is 4.96. The Hall–Kier alpha value is -3.64. The fourth-order valence-electron chi connectivity index (χ4n) is 4.71. The van der Waals surface area contributed by atoms with Crippen molar-refractivity contribution >= 4 is 25.3 Å². The van der Waals surface area contributed by atoms with E-state index in [4.69, 9.17) is 19.4 Å². The number of carbonyl (C=O) groups is 1. The zero-order chi connectivity index (χ0) is 24.9. The molecule has 2 N–H and O–H groups in total. The van der Waals surface area contributed by atoms with Gasteiger partial charge >= 0.3 is 13.9 Å². The predicted molar refractivity (Wildman–Crippen MR) is 124 cm³/mol. The number of oxime groups is 1. The molecule has 13 nitrogen and oxygen atoms in total. The van der Waals surface area contributed by atoms with Crippen LogP contribution in [0, 0.1) is 0 Å². The van der Waals surface area contributed by atoms with Crippen molar-refractivity contribution < 1.29 is 33.2 Å². The summed E-state index contributed by atoms with van der Waals surface area (Å²) in [5, 5.41) is 11.8. The minimum atomic E-state index is -4.56. The number of benzene rings is 1. The van der Waals surface area contributed by atoms with Crippen LogP contribution in [0.4, 0.5) is 10.5 Å². The quantitative estimate of drug-likeness (QED) is 0.447. The van der Waals surface area contributed by atoms with Crippen molar-refractivity contribution in [2.45, 2.75) is 37.6 Å². The Balaban J connectivity index is 1.14. The van der Waals surface area contributed by atoms with Gasteiger partial charge in [0.1, 0.15) is 11.8 Å². The molecule has 1 amide bonds. The fourth-order valence-corrected chi connectivity index (χ4v) is 5.07. The summed E-state index contributed by atoms with van der Waals surface area (Å²) >= 11 is 0. The lowest BCUT2D eigenvalue weighted by Gasteiger charge is -2.16. The standard InChI is InChI=1S/C22H21N6O7P/c29-22-28-19-4-2-13(7-15(19)8-20(28)21(34-22)11-27-6-5-24-26-27)14-1-3-17(23-10-14)18-9-16(35-25-18)12-33-36(30,31)32/h1-7,10,16,20-21H,8-9,11-12H2,(H2,30,31,32)/t16?,20-,21-/m0/s1. The zero-order valence-corrected chi connectivity index (χ0v) is 19.6. The van der Waals surface area contributed by atoms with E-state index in [9.17, 15) is 9.36 Å². The van der Waals surface area contributed by atoms with E-state index in [0.29, 0.717) is 30.8 Å². The number of fused-ring (bicyclic) bond motifs is 3. The number of anilines is 1. The van der Waals surface area contributed by atoms with Crippen LogP contribution in [0.25, 0.3) is 11.1 Å². The number of pyridine rings is 1. The van der Waals surface area contributed by atoms with E-state index >= 15 is 0 Å².